The van der Waals surface area contributed by atoms with Crippen molar-refractivity contribution >= 4 is 29.7 Å². The summed E-state index contributed by atoms with van der Waals surface area (Å²) in [6, 6.07) is -4.93. The van der Waals surface area contributed by atoms with Crippen molar-refractivity contribution in [2.75, 3.05) is 13.2 Å². The van der Waals surface area contributed by atoms with Crippen molar-refractivity contribution in [1.29, 1.82) is 0 Å². The zero-order valence-corrected chi connectivity index (χ0v) is 19.1. The first-order chi connectivity index (χ1) is 15.4. The molecule has 0 aromatic heterocycles. The van der Waals surface area contributed by atoms with Crippen LogP contribution in [0.25, 0.3) is 0 Å². The molecule has 0 radical (unpaired) electrons. The Morgan fingerprint density at radius 3 is 1.85 bits per heavy atom. The number of carbonyl (C=O) groups excluding carboxylic acids is 3. The summed E-state index contributed by atoms with van der Waals surface area (Å²) >= 11 is 0. The van der Waals surface area contributed by atoms with Gasteiger partial charge in [-0.05, 0) is 38.1 Å². The molecule has 0 aliphatic carbocycles. The molecule has 3 amide bonds. The van der Waals surface area contributed by atoms with Gasteiger partial charge < -0.3 is 42.7 Å². The van der Waals surface area contributed by atoms with Gasteiger partial charge in [0.2, 0.25) is 17.7 Å². The molecule has 0 aliphatic rings. The third-order valence-electron chi connectivity index (χ3n) is 4.72. The largest absolute Gasteiger partial charge is 0.481 e. The van der Waals surface area contributed by atoms with E-state index in [-0.39, 0.29) is 18.8 Å². The van der Waals surface area contributed by atoms with E-state index in [0.717, 1.165) is 0 Å². The van der Waals surface area contributed by atoms with E-state index in [1.165, 1.54) is 0 Å². The Hall–Kier alpha value is -2.77. The molecule has 0 bridgehead atoms. The molecule has 13 nitrogen and oxygen atoms in total. The van der Waals surface area contributed by atoms with Gasteiger partial charge in [0, 0.05) is 6.42 Å². The number of carboxylic acids is 2. The number of hydrogen-bond donors (Lipinski definition) is 8. The summed E-state index contributed by atoms with van der Waals surface area (Å²) in [7, 11) is 0. The Kier molecular flexibility index (Phi) is 14.6. The number of nitrogens with one attached hydrogen (secondary N) is 3. The molecule has 0 saturated heterocycles. The Morgan fingerprint density at radius 1 is 0.818 bits per heavy atom. The first kappa shape index (κ1) is 30.2. The zero-order chi connectivity index (χ0) is 25.6. The van der Waals surface area contributed by atoms with Crippen molar-refractivity contribution in [3.63, 3.8) is 0 Å². The van der Waals surface area contributed by atoms with Crippen LogP contribution >= 0.6 is 0 Å². The molecule has 33 heavy (non-hydrogen) atoms. The van der Waals surface area contributed by atoms with E-state index in [0.29, 0.717) is 25.8 Å². The molecule has 0 aromatic carbocycles. The molecular formula is C20H37N5O8. The standard InChI is InChI=1S/C20H37N5O8/c1-11(2)9-14(24-17(29)12(22)5-3-4-8-21)19(31)23-13(6-7-16(27)28)18(30)25-15(10-26)20(32)33/h11-15,26H,3-10,21-22H2,1-2H3,(H,23,31)(H,24,29)(H,25,30)(H,27,28)(H,32,33). The van der Waals surface area contributed by atoms with Crippen LogP contribution in [0.4, 0.5) is 0 Å². The van der Waals surface area contributed by atoms with Crippen LogP contribution in [0.2, 0.25) is 0 Å². The highest BCUT2D eigenvalue weighted by atomic mass is 16.4. The van der Waals surface area contributed by atoms with Crippen LogP contribution in [-0.2, 0) is 24.0 Å². The predicted molar refractivity (Wildman–Crippen MR) is 118 cm³/mol. The summed E-state index contributed by atoms with van der Waals surface area (Å²) in [5, 5.41) is 34.0. The van der Waals surface area contributed by atoms with Crippen LogP contribution in [0.15, 0.2) is 0 Å². The normalized spacial score (nSPS) is 14.6. The summed E-state index contributed by atoms with van der Waals surface area (Å²) < 4.78 is 0. The van der Waals surface area contributed by atoms with Gasteiger partial charge in [0.1, 0.15) is 18.1 Å². The molecule has 0 fully saturated rings. The lowest BCUT2D eigenvalue weighted by atomic mass is 10.0. The lowest BCUT2D eigenvalue weighted by molar-refractivity contribution is -0.144. The fourth-order valence-electron chi connectivity index (χ4n) is 2.89. The fourth-order valence-corrected chi connectivity index (χ4v) is 2.89. The average molecular weight is 476 g/mol. The van der Waals surface area contributed by atoms with Gasteiger partial charge in [0.05, 0.1) is 12.6 Å². The molecule has 0 aromatic rings. The van der Waals surface area contributed by atoms with Crippen molar-refractivity contribution < 1.29 is 39.3 Å². The first-order valence-electron chi connectivity index (χ1n) is 10.8. The van der Waals surface area contributed by atoms with Crippen LogP contribution < -0.4 is 27.4 Å². The quantitative estimate of drug-likeness (QED) is 0.106. The maximum Gasteiger partial charge on any atom is 0.328 e. The molecule has 4 atom stereocenters. The van der Waals surface area contributed by atoms with Gasteiger partial charge in [-0.15, -0.1) is 0 Å². The van der Waals surface area contributed by atoms with Crippen LogP contribution in [0.1, 0.15) is 52.4 Å². The van der Waals surface area contributed by atoms with E-state index >= 15 is 0 Å². The van der Waals surface area contributed by atoms with Crippen LogP contribution in [-0.4, -0.2) is 82.3 Å². The molecular weight excluding hydrogens is 438 g/mol. The van der Waals surface area contributed by atoms with Crippen LogP contribution in [0.3, 0.4) is 0 Å². The highest BCUT2D eigenvalue weighted by Crippen LogP contribution is 2.08. The van der Waals surface area contributed by atoms with Crippen molar-refractivity contribution in [2.45, 2.75) is 76.5 Å². The SMILES string of the molecule is CC(C)CC(NC(=O)C(N)CCCCN)C(=O)NC(CCC(=O)O)C(=O)NC(CO)C(=O)O. The van der Waals surface area contributed by atoms with Crippen molar-refractivity contribution in [2.24, 2.45) is 17.4 Å². The van der Waals surface area contributed by atoms with Gasteiger partial charge in [-0.1, -0.05) is 20.3 Å². The minimum atomic E-state index is -1.63. The lowest BCUT2D eigenvalue weighted by Crippen LogP contribution is -2.57. The second kappa shape index (κ2) is 15.9. The number of carboxylic acid groups (broad SMARTS) is 2. The maximum atomic E-state index is 12.9. The topological polar surface area (TPSA) is 234 Å². The van der Waals surface area contributed by atoms with E-state index < -0.39 is 66.9 Å². The number of nitrogens with two attached hydrogens (primary N) is 2. The number of unbranched alkanes of at least 4 members (excludes halogenated alkanes) is 1. The zero-order valence-electron chi connectivity index (χ0n) is 19.1. The third-order valence-corrected chi connectivity index (χ3v) is 4.72. The molecule has 10 N–H and O–H groups in total. The molecule has 0 rings (SSSR count). The first-order valence-corrected chi connectivity index (χ1v) is 10.8. The van der Waals surface area contributed by atoms with Crippen molar-refractivity contribution in [1.82, 2.24) is 16.0 Å². The van der Waals surface area contributed by atoms with Gasteiger partial charge in [-0.25, -0.2) is 4.79 Å². The molecule has 0 saturated carbocycles. The molecule has 13 heteroatoms. The van der Waals surface area contributed by atoms with E-state index in [1.54, 1.807) is 0 Å². The maximum absolute atomic E-state index is 12.9. The highest BCUT2D eigenvalue weighted by molar-refractivity contribution is 5.94. The molecule has 4 unspecified atom stereocenters. The fraction of sp³-hybridized carbons (Fsp3) is 0.750. The Balaban J connectivity index is 5.39. The van der Waals surface area contributed by atoms with Gasteiger partial charge in [-0.2, -0.15) is 0 Å². The number of aliphatic hydroxyl groups excluding tert-OH is 1. The van der Waals surface area contributed by atoms with Crippen LogP contribution in [0, 0.1) is 5.92 Å². The van der Waals surface area contributed by atoms with Gasteiger partial charge >= 0.3 is 11.9 Å². The number of hydrogen-bond acceptors (Lipinski definition) is 8. The number of rotatable bonds is 17. The van der Waals surface area contributed by atoms with Gasteiger partial charge in [-0.3, -0.25) is 19.2 Å². The second-order valence-corrected chi connectivity index (χ2v) is 8.16. The smallest absolute Gasteiger partial charge is 0.328 e. The predicted octanol–water partition coefficient (Wildman–Crippen LogP) is -2.12. The lowest BCUT2D eigenvalue weighted by Gasteiger charge is -2.25. The number of aliphatic carboxylic acids is 2. The molecule has 190 valence electrons. The Labute approximate surface area is 192 Å². The Morgan fingerprint density at radius 2 is 1.36 bits per heavy atom. The summed E-state index contributed by atoms with van der Waals surface area (Å²) in [5.74, 6) is -5.01. The Bertz CT molecular complexity index is 673. The average Bonchev–Trinajstić information content (AvgIpc) is 2.73. The van der Waals surface area contributed by atoms with Crippen LogP contribution in [0.5, 0.6) is 0 Å². The summed E-state index contributed by atoms with van der Waals surface area (Å²) in [5.41, 5.74) is 11.3. The third kappa shape index (κ3) is 12.7. The van der Waals surface area contributed by atoms with E-state index in [1.807, 2.05) is 19.2 Å². The molecule has 0 spiro atoms. The van der Waals surface area contributed by atoms with Crippen molar-refractivity contribution in [3.05, 3.63) is 0 Å². The molecule has 0 heterocycles. The monoisotopic (exact) mass is 475 g/mol. The molecule has 0 aliphatic heterocycles. The summed E-state index contributed by atoms with van der Waals surface area (Å²) in [6.45, 7) is 3.21. The number of carbonyl (C=O) groups is 5. The number of amides is 3. The van der Waals surface area contributed by atoms with Gasteiger partial charge in [0.25, 0.3) is 0 Å². The van der Waals surface area contributed by atoms with E-state index in [9.17, 15) is 24.0 Å². The van der Waals surface area contributed by atoms with E-state index in [4.69, 9.17) is 26.8 Å². The van der Waals surface area contributed by atoms with Gasteiger partial charge in [0.15, 0.2) is 0 Å². The van der Waals surface area contributed by atoms with Crippen molar-refractivity contribution in [3.8, 4) is 0 Å². The number of aliphatic hydroxyl groups is 1. The summed E-state index contributed by atoms with van der Waals surface area (Å²) in [4.78, 5) is 59.8. The minimum Gasteiger partial charge on any atom is -0.481 e. The summed E-state index contributed by atoms with van der Waals surface area (Å²) in [6.07, 6.45) is 1.12. The van der Waals surface area contributed by atoms with E-state index in [2.05, 4.69) is 10.6 Å². The second-order valence-electron chi connectivity index (χ2n) is 8.16. The highest BCUT2D eigenvalue weighted by Gasteiger charge is 2.30. The minimum absolute atomic E-state index is 0.0217.